The van der Waals surface area contributed by atoms with Gasteiger partial charge < -0.3 is 20.3 Å². The normalized spacial score (nSPS) is 19.4. The van der Waals surface area contributed by atoms with Gasteiger partial charge >= 0.3 is 5.92 Å². The topological polar surface area (TPSA) is 83.4 Å². The minimum Gasteiger partial charge on any atom is -0.393 e. The van der Waals surface area contributed by atoms with Gasteiger partial charge in [0.25, 0.3) is 11.8 Å². The molecule has 9 heteroatoms. The van der Waals surface area contributed by atoms with Crippen LogP contribution in [0.25, 0.3) is 0 Å². The summed E-state index contributed by atoms with van der Waals surface area (Å²) in [6.45, 7) is 1.52. The molecule has 0 bridgehead atoms. The molecule has 1 aromatic heterocycles. The molecule has 1 fully saturated rings. The Labute approximate surface area is 172 Å². The second-order valence-corrected chi connectivity index (χ2v) is 7.66. The summed E-state index contributed by atoms with van der Waals surface area (Å²) >= 11 is 0. The Balaban J connectivity index is 1.80. The number of rotatable bonds is 5. The fraction of sp³-hybridized carbons (Fsp3) is 0.429. The van der Waals surface area contributed by atoms with Crippen LogP contribution in [0.5, 0.6) is 0 Å². The maximum absolute atomic E-state index is 15.0. The molecule has 0 spiro atoms. The fourth-order valence-electron chi connectivity index (χ4n) is 3.63. The molecule has 2 amide bonds. The van der Waals surface area contributed by atoms with E-state index < -0.39 is 41.4 Å². The second kappa shape index (κ2) is 8.51. The number of hydrogen-bond donors (Lipinski definition) is 3. The van der Waals surface area contributed by atoms with Crippen LogP contribution in [0.1, 0.15) is 47.3 Å². The van der Waals surface area contributed by atoms with Gasteiger partial charge in [0.15, 0.2) is 0 Å². The number of anilines is 1. The van der Waals surface area contributed by atoms with Gasteiger partial charge in [-0.15, -0.1) is 0 Å². The molecule has 3 N–H and O–H groups in total. The van der Waals surface area contributed by atoms with Crippen LogP contribution in [0.2, 0.25) is 0 Å². The van der Waals surface area contributed by atoms with Crippen molar-refractivity contribution in [2.45, 2.75) is 50.7 Å². The molecule has 6 nitrogen and oxygen atoms in total. The average molecular weight is 423 g/mol. The number of aliphatic hydroxyl groups excluding tert-OH is 1. The molecule has 3 rings (SSSR count). The highest BCUT2D eigenvalue weighted by atomic mass is 19.3. The molecule has 1 heterocycles. The summed E-state index contributed by atoms with van der Waals surface area (Å²) in [7, 11) is 1.33. The minimum absolute atomic E-state index is 0.252. The summed E-state index contributed by atoms with van der Waals surface area (Å²) in [6, 6.07) is 4.63. The van der Waals surface area contributed by atoms with Crippen molar-refractivity contribution < 1.29 is 27.9 Å². The first-order valence-electron chi connectivity index (χ1n) is 9.69. The monoisotopic (exact) mass is 423 g/mol. The minimum atomic E-state index is -3.94. The number of carbonyl (C=O) groups is 2. The van der Waals surface area contributed by atoms with Crippen molar-refractivity contribution in [2.75, 3.05) is 5.32 Å². The number of halogens is 3. The molecule has 0 aliphatic heterocycles. The van der Waals surface area contributed by atoms with Crippen molar-refractivity contribution in [2.24, 2.45) is 7.05 Å². The van der Waals surface area contributed by atoms with Crippen LogP contribution in [0, 0.1) is 12.7 Å². The highest BCUT2D eigenvalue weighted by Crippen LogP contribution is 2.33. The molecular weight excluding hydrogens is 399 g/mol. The molecule has 1 aliphatic carbocycles. The van der Waals surface area contributed by atoms with Gasteiger partial charge in [-0.25, -0.2) is 4.39 Å². The standard InChI is InChI=1S/C21H24F3N3O3/c1-12-11-14(5-8-17(12)22)25-19(29)16-9-10-27(2)18(16)21(23,24)20(30)26-13-3-6-15(28)7-4-13/h5,8-11,13,15,28H,3-4,6-7H2,1-2H3,(H,25,29)(H,26,30)/t13-,15+. The van der Waals surface area contributed by atoms with Crippen LogP contribution >= 0.6 is 0 Å². The summed E-state index contributed by atoms with van der Waals surface area (Å²) < 4.78 is 44.5. The number of nitrogens with one attached hydrogen (secondary N) is 2. The van der Waals surface area contributed by atoms with Crippen molar-refractivity contribution in [3.05, 3.63) is 53.1 Å². The number of nitrogens with zero attached hydrogens (tertiary/aromatic N) is 1. The van der Waals surface area contributed by atoms with Gasteiger partial charge in [-0.1, -0.05) is 0 Å². The smallest absolute Gasteiger partial charge is 0.364 e. The number of benzene rings is 1. The van der Waals surface area contributed by atoms with Gasteiger partial charge in [-0.05, 0) is 62.4 Å². The molecule has 0 radical (unpaired) electrons. The van der Waals surface area contributed by atoms with Crippen molar-refractivity contribution >= 4 is 17.5 Å². The molecule has 1 saturated carbocycles. The van der Waals surface area contributed by atoms with E-state index in [1.165, 1.54) is 44.4 Å². The van der Waals surface area contributed by atoms with Gasteiger partial charge in [-0.3, -0.25) is 9.59 Å². The third-order valence-electron chi connectivity index (χ3n) is 5.35. The zero-order valence-corrected chi connectivity index (χ0v) is 16.7. The Morgan fingerprint density at radius 2 is 1.83 bits per heavy atom. The highest BCUT2D eigenvalue weighted by Gasteiger charge is 2.46. The first kappa shape index (κ1) is 21.9. The van der Waals surface area contributed by atoms with Crippen LogP contribution in [0.4, 0.5) is 18.9 Å². The molecule has 2 aromatic rings. The quantitative estimate of drug-likeness (QED) is 0.691. The lowest BCUT2D eigenvalue weighted by Crippen LogP contribution is -2.46. The molecule has 0 unspecified atom stereocenters. The number of aryl methyl sites for hydroxylation is 2. The van der Waals surface area contributed by atoms with E-state index in [4.69, 9.17) is 0 Å². The molecule has 30 heavy (non-hydrogen) atoms. The third-order valence-corrected chi connectivity index (χ3v) is 5.35. The van der Waals surface area contributed by atoms with Crippen molar-refractivity contribution in [1.29, 1.82) is 0 Å². The van der Waals surface area contributed by atoms with E-state index >= 15 is 8.78 Å². The lowest BCUT2D eigenvalue weighted by Gasteiger charge is -2.28. The second-order valence-electron chi connectivity index (χ2n) is 7.66. The number of amides is 2. The Hall–Kier alpha value is -2.81. The van der Waals surface area contributed by atoms with E-state index in [1.807, 2.05) is 0 Å². The van der Waals surface area contributed by atoms with E-state index in [-0.39, 0.29) is 11.3 Å². The fourth-order valence-corrected chi connectivity index (χ4v) is 3.63. The number of aliphatic hydroxyl groups is 1. The van der Waals surface area contributed by atoms with Gasteiger partial charge in [0.2, 0.25) is 0 Å². The van der Waals surface area contributed by atoms with E-state index in [0.29, 0.717) is 31.2 Å². The van der Waals surface area contributed by atoms with E-state index in [2.05, 4.69) is 10.6 Å². The average Bonchev–Trinajstić information content (AvgIpc) is 3.09. The van der Waals surface area contributed by atoms with Crippen LogP contribution in [0.15, 0.2) is 30.5 Å². The number of alkyl halides is 2. The molecule has 1 aromatic carbocycles. The SMILES string of the molecule is Cc1cc(NC(=O)c2ccn(C)c2C(F)(F)C(=O)N[C@H]2CC[C@@H](O)CC2)ccc1F. The van der Waals surface area contributed by atoms with Gasteiger partial charge in [0, 0.05) is 25.0 Å². The Morgan fingerprint density at radius 3 is 2.47 bits per heavy atom. The van der Waals surface area contributed by atoms with E-state index in [0.717, 1.165) is 4.57 Å². The van der Waals surface area contributed by atoms with E-state index in [9.17, 15) is 19.1 Å². The molecule has 0 saturated heterocycles. The zero-order chi connectivity index (χ0) is 22.1. The highest BCUT2D eigenvalue weighted by molar-refractivity contribution is 6.06. The van der Waals surface area contributed by atoms with Crippen LogP contribution in [-0.4, -0.2) is 33.6 Å². The molecular formula is C21H24F3N3O3. The first-order chi connectivity index (χ1) is 14.1. The summed E-state index contributed by atoms with van der Waals surface area (Å²) in [5.74, 6) is -6.71. The third kappa shape index (κ3) is 4.51. The van der Waals surface area contributed by atoms with Crippen LogP contribution < -0.4 is 10.6 Å². The van der Waals surface area contributed by atoms with Gasteiger partial charge in [-0.2, -0.15) is 8.78 Å². The van der Waals surface area contributed by atoms with Crippen LogP contribution in [-0.2, 0) is 17.8 Å². The zero-order valence-electron chi connectivity index (χ0n) is 16.7. The molecule has 1 aliphatic rings. The summed E-state index contributed by atoms with van der Waals surface area (Å²) in [5, 5.41) is 14.3. The maximum Gasteiger partial charge on any atom is 0.364 e. The summed E-state index contributed by atoms with van der Waals surface area (Å²) in [5.41, 5.74) is -0.531. The Bertz CT molecular complexity index is 950. The van der Waals surface area contributed by atoms with Crippen molar-refractivity contribution in [3.63, 3.8) is 0 Å². The summed E-state index contributed by atoms with van der Waals surface area (Å²) in [4.78, 5) is 25.0. The lowest BCUT2D eigenvalue weighted by atomic mass is 9.93. The van der Waals surface area contributed by atoms with Crippen LogP contribution in [0.3, 0.4) is 0 Å². The predicted octanol–water partition coefficient (Wildman–Crippen LogP) is 3.24. The predicted molar refractivity (Wildman–Crippen MR) is 105 cm³/mol. The Kier molecular flexibility index (Phi) is 6.21. The Morgan fingerprint density at radius 1 is 1.17 bits per heavy atom. The lowest BCUT2D eigenvalue weighted by molar-refractivity contribution is -0.149. The van der Waals surface area contributed by atoms with Gasteiger partial charge in [0.1, 0.15) is 11.5 Å². The summed E-state index contributed by atoms with van der Waals surface area (Å²) in [6.07, 6.45) is 2.49. The largest absolute Gasteiger partial charge is 0.393 e. The van der Waals surface area contributed by atoms with E-state index in [1.54, 1.807) is 0 Å². The maximum atomic E-state index is 15.0. The molecule has 162 valence electrons. The van der Waals surface area contributed by atoms with Gasteiger partial charge in [0.05, 0.1) is 11.7 Å². The number of hydrogen-bond acceptors (Lipinski definition) is 3. The van der Waals surface area contributed by atoms with Crippen molar-refractivity contribution in [3.8, 4) is 0 Å². The molecule has 0 atom stereocenters. The first-order valence-corrected chi connectivity index (χ1v) is 9.69. The van der Waals surface area contributed by atoms with Crippen molar-refractivity contribution in [1.82, 2.24) is 9.88 Å². The number of aromatic nitrogens is 1. The number of carbonyl (C=O) groups excluding carboxylic acids is 2.